The normalized spacial score (nSPS) is 10.3. The second-order valence-electron chi connectivity index (χ2n) is 3.54. The van der Waals surface area contributed by atoms with Crippen LogP contribution in [0.15, 0.2) is 27.2 Å². The van der Waals surface area contributed by atoms with Crippen molar-refractivity contribution in [2.75, 3.05) is 14.2 Å². The maximum atomic E-state index is 10.8. The number of nitrogens with zero attached hydrogens (tertiary/aromatic N) is 1. The van der Waals surface area contributed by atoms with E-state index in [1.807, 2.05) is 0 Å². The topological polar surface area (TPSA) is 81.8 Å². The minimum atomic E-state index is -1.17. The molecule has 0 unspecified atom stereocenters. The van der Waals surface area contributed by atoms with Crippen LogP contribution in [0.1, 0.15) is 10.6 Å². The minimum Gasteiger partial charge on any atom is -0.493 e. The van der Waals surface area contributed by atoms with Crippen LogP contribution in [0.4, 0.5) is 0 Å². The van der Waals surface area contributed by atoms with Crippen LogP contribution in [0.5, 0.6) is 11.5 Å². The summed E-state index contributed by atoms with van der Waals surface area (Å²) in [6, 6.07) is 4.78. The summed E-state index contributed by atoms with van der Waals surface area (Å²) in [5.74, 6) is -0.341. The van der Waals surface area contributed by atoms with Gasteiger partial charge in [0.2, 0.25) is 5.76 Å². The lowest BCUT2D eigenvalue weighted by Crippen LogP contribution is -1.93. The van der Waals surface area contributed by atoms with Gasteiger partial charge in [0, 0.05) is 11.6 Å². The third-order valence-corrected chi connectivity index (χ3v) is 3.27. The second kappa shape index (κ2) is 5.31. The number of halogens is 1. The third kappa shape index (κ3) is 2.41. The van der Waals surface area contributed by atoms with E-state index in [2.05, 4.69) is 21.1 Å². The van der Waals surface area contributed by atoms with Crippen LogP contribution >= 0.6 is 15.9 Å². The molecule has 7 heteroatoms. The number of carbonyl (C=O) groups is 1. The van der Waals surface area contributed by atoms with Crippen LogP contribution in [0.2, 0.25) is 0 Å². The van der Waals surface area contributed by atoms with Crippen molar-refractivity contribution < 1.29 is 23.9 Å². The van der Waals surface area contributed by atoms with Gasteiger partial charge in [-0.2, -0.15) is 0 Å². The first-order valence-electron chi connectivity index (χ1n) is 5.19. The highest BCUT2D eigenvalue weighted by atomic mass is 79.9. The van der Waals surface area contributed by atoms with Crippen LogP contribution < -0.4 is 9.47 Å². The van der Waals surface area contributed by atoms with E-state index in [0.717, 1.165) is 0 Å². The molecule has 0 fully saturated rings. The van der Waals surface area contributed by atoms with E-state index in [1.54, 1.807) is 12.1 Å². The van der Waals surface area contributed by atoms with Gasteiger partial charge in [-0.3, -0.25) is 0 Å². The first kappa shape index (κ1) is 13.4. The molecule has 0 saturated carbocycles. The molecule has 19 heavy (non-hydrogen) atoms. The number of aromatic nitrogens is 1. The molecule has 100 valence electrons. The fourth-order valence-electron chi connectivity index (χ4n) is 1.59. The van der Waals surface area contributed by atoms with Crippen LogP contribution in [-0.4, -0.2) is 30.5 Å². The molecule has 0 atom stereocenters. The molecular formula is C12H10BrNO5. The standard InChI is InChI=1S/C12H10BrNO5/c1-17-8-4-3-6(10(13)11(8)18-2)7-5-9(12(15)16)19-14-7/h3-5H,1-2H3,(H,15,16). The van der Waals surface area contributed by atoms with Crippen molar-refractivity contribution in [2.45, 2.75) is 0 Å². The highest BCUT2D eigenvalue weighted by Crippen LogP contribution is 2.41. The number of hydrogen-bond acceptors (Lipinski definition) is 5. The number of hydrogen-bond donors (Lipinski definition) is 1. The second-order valence-corrected chi connectivity index (χ2v) is 4.34. The van der Waals surface area contributed by atoms with Gasteiger partial charge in [-0.1, -0.05) is 5.16 Å². The maximum absolute atomic E-state index is 10.8. The predicted molar refractivity (Wildman–Crippen MR) is 69.7 cm³/mol. The van der Waals surface area contributed by atoms with E-state index >= 15 is 0 Å². The number of rotatable bonds is 4. The quantitative estimate of drug-likeness (QED) is 0.929. The number of benzene rings is 1. The van der Waals surface area contributed by atoms with Crippen LogP contribution in [0.25, 0.3) is 11.3 Å². The van der Waals surface area contributed by atoms with Gasteiger partial charge >= 0.3 is 5.97 Å². The smallest absolute Gasteiger partial charge is 0.374 e. The lowest BCUT2D eigenvalue weighted by Gasteiger charge is -2.11. The van der Waals surface area contributed by atoms with Crippen LogP contribution in [-0.2, 0) is 0 Å². The van der Waals surface area contributed by atoms with E-state index in [-0.39, 0.29) is 5.76 Å². The highest BCUT2D eigenvalue weighted by Gasteiger charge is 2.18. The summed E-state index contributed by atoms with van der Waals surface area (Å²) in [4.78, 5) is 10.8. The molecule has 0 saturated heterocycles. The summed E-state index contributed by atoms with van der Waals surface area (Å²) in [7, 11) is 3.04. The van der Waals surface area contributed by atoms with Gasteiger partial charge in [-0.05, 0) is 28.1 Å². The van der Waals surface area contributed by atoms with Crippen molar-refractivity contribution in [1.82, 2.24) is 5.16 Å². The van der Waals surface area contributed by atoms with Crippen molar-refractivity contribution in [3.63, 3.8) is 0 Å². The summed E-state index contributed by atoms with van der Waals surface area (Å²) in [5.41, 5.74) is 1.04. The van der Waals surface area contributed by atoms with Crippen molar-refractivity contribution in [3.8, 4) is 22.8 Å². The molecule has 1 aromatic carbocycles. The molecule has 0 radical (unpaired) electrons. The molecule has 0 amide bonds. The van der Waals surface area contributed by atoms with E-state index in [0.29, 0.717) is 27.2 Å². The van der Waals surface area contributed by atoms with Crippen molar-refractivity contribution in [3.05, 3.63) is 28.4 Å². The predicted octanol–water partition coefficient (Wildman–Crippen LogP) is 2.82. The van der Waals surface area contributed by atoms with Gasteiger partial charge in [0.05, 0.1) is 18.7 Å². The Morgan fingerprint density at radius 1 is 1.37 bits per heavy atom. The molecule has 2 aromatic rings. The minimum absolute atomic E-state index is 0.225. The zero-order chi connectivity index (χ0) is 14.0. The molecule has 0 aliphatic heterocycles. The monoisotopic (exact) mass is 327 g/mol. The Morgan fingerprint density at radius 2 is 2.11 bits per heavy atom. The molecule has 0 aliphatic carbocycles. The Bertz CT molecular complexity index is 623. The molecule has 1 N–H and O–H groups in total. The molecule has 2 rings (SSSR count). The van der Waals surface area contributed by atoms with Gasteiger partial charge in [-0.25, -0.2) is 4.79 Å². The zero-order valence-electron chi connectivity index (χ0n) is 10.1. The molecule has 6 nitrogen and oxygen atoms in total. The molecule has 1 heterocycles. The Morgan fingerprint density at radius 3 is 2.63 bits per heavy atom. The number of ether oxygens (including phenoxy) is 2. The summed E-state index contributed by atoms with van der Waals surface area (Å²) < 4.78 is 15.7. The molecular weight excluding hydrogens is 318 g/mol. The number of carboxylic acids is 1. The van der Waals surface area contributed by atoms with Crippen molar-refractivity contribution in [2.24, 2.45) is 0 Å². The van der Waals surface area contributed by atoms with Crippen molar-refractivity contribution in [1.29, 1.82) is 0 Å². The number of aromatic carboxylic acids is 1. The summed E-state index contributed by atoms with van der Waals surface area (Å²) in [6.07, 6.45) is 0. The molecule has 0 bridgehead atoms. The van der Waals surface area contributed by atoms with E-state index < -0.39 is 5.97 Å². The first-order chi connectivity index (χ1) is 9.08. The lowest BCUT2D eigenvalue weighted by atomic mass is 10.1. The van der Waals surface area contributed by atoms with Gasteiger partial charge < -0.3 is 19.1 Å². The van der Waals surface area contributed by atoms with E-state index in [4.69, 9.17) is 19.1 Å². The van der Waals surface area contributed by atoms with Crippen LogP contribution in [0, 0.1) is 0 Å². The SMILES string of the molecule is COc1ccc(-c2cc(C(=O)O)on2)c(Br)c1OC. The Kier molecular flexibility index (Phi) is 3.75. The van der Waals surface area contributed by atoms with Gasteiger partial charge in [-0.15, -0.1) is 0 Å². The van der Waals surface area contributed by atoms with Gasteiger partial charge in [0.25, 0.3) is 0 Å². The number of carboxylic acid groups (broad SMARTS) is 1. The Labute approximate surface area is 117 Å². The Hall–Kier alpha value is -2.02. The summed E-state index contributed by atoms with van der Waals surface area (Å²) >= 11 is 3.38. The fourth-order valence-corrected chi connectivity index (χ4v) is 2.28. The van der Waals surface area contributed by atoms with E-state index in [9.17, 15) is 4.79 Å². The maximum Gasteiger partial charge on any atom is 0.374 e. The summed E-state index contributed by atoms with van der Waals surface area (Å²) in [6.45, 7) is 0. The fraction of sp³-hybridized carbons (Fsp3) is 0.167. The average molecular weight is 328 g/mol. The van der Waals surface area contributed by atoms with Crippen LogP contribution in [0.3, 0.4) is 0 Å². The molecule has 1 aromatic heterocycles. The van der Waals surface area contributed by atoms with Gasteiger partial charge in [0.15, 0.2) is 11.5 Å². The lowest BCUT2D eigenvalue weighted by molar-refractivity contribution is 0.0652. The zero-order valence-corrected chi connectivity index (χ0v) is 11.7. The highest BCUT2D eigenvalue weighted by molar-refractivity contribution is 9.10. The number of methoxy groups -OCH3 is 2. The average Bonchev–Trinajstić information content (AvgIpc) is 2.87. The first-order valence-corrected chi connectivity index (χ1v) is 5.98. The van der Waals surface area contributed by atoms with E-state index in [1.165, 1.54) is 20.3 Å². The summed E-state index contributed by atoms with van der Waals surface area (Å²) in [5, 5.41) is 12.5. The van der Waals surface area contributed by atoms with Gasteiger partial charge in [0.1, 0.15) is 5.69 Å². The largest absolute Gasteiger partial charge is 0.493 e. The van der Waals surface area contributed by atoms with Crippen molar-refractivity contribution >= 4 is 21.9 Å². The molecule has 0 spiro atoms. The third-order valence-electron chi connectivity index (χ3n) is 2.48. The molecule has 0 aliphatic rings. The Balaban J connectivity index is 2.53.